The van der Waals surface area contributed by atoms with Crippen molar-refractivity contribution in [2.45, 2.75) is 20.3 Å². The summed E-state index contributed by atoms with van der Waals surface area (Å²) in [6, 6.07) is 11.2. The highest BCUT2D eigenvalue weighted by molar-refractivity contribution is 9.10. The lowest BCUT2D eigenvalue weighted by Crippen LogP contribution is -2.14. The van der Waals surface area contributed by atoms with E-state index in [9.17, 15) is 4.79 Å². The summed E-state index contributed by atoms with van der Waals surface area (Å²) in [6.07, 6.45) is 0.873. The Morgan fingerprint density at radius 1 is 1.30 bits per heavy atom. The van der Waals surface area contributed by atoms with Crippen LogP contribution in [0.2, 0.25) is 5.02 Å². The van der Waals surface area contributed by atoms with Crippen LogP contribution in [0, 0.1) is 6.92 Å². The van der Waals surface area contributed by atoms with Gasteiger partial charge in [0, 0.05) is 15.7 Å². The first-order valence-corrected chi connectivity index (χ1v) is 7.55. The number of amides is 1. The van der Waals surface area contributed by atoms with Crippen molar-refractivity contribution in [3.63, 3.8) is 0 Å². The normalized spacial score (nSPS) is 10.4. The van der Waals surface area contributed by atoms with Crippen LogP contribution >= 0.6 is 27.5 Å². The number of halogens is 2. The quantitative estimate of drug-likeness (QED) is 0.805. The lowest BCUT2D eigenvalue weighted by Gasteiger charge is -2.13. The predicted molar refractivity (Wildman–Crippen MR) is 87.7 cm³/mol. The standard InChI is InChI=1S/C16H15BrClNO/c1-3-11-6-4-5-10(2)15(11)19-16(20)12-7-8-13(17)14(18)9-12/h4-9H,3H2,1-2H3,(H,19,20). The number of nitrogens with one attached hydrogen (secondary N) is 1. The van der Waals surface area contributed by atoms with Crippen molar-refractivity contribution in [3.05, 3.63) is 62.6 Å². The monoisotopic (exact) mass is 351 g/mol. The van der Waals surface area contributed by atoms with Crippen molar-refractivity contribution in [1.82, 2.24) is 0 Å². The van der Waals surface area contributed by atoms with Gasteiger partial charge >= 0.3 is 0 Å². The summed E-state index contributed by atoms with van der Waals surface area (Å²) in [5.74, 6) is -0.150. The summed E-state index contributed by atoms with van der Waals surface area (Å²) in [5, 5.41) is 3.51. The van der Waals surface area contributed by atoms with Gasteiger partial charge in [-0.3, -0.25) is 4.79 Å². The molecule has 0 atom stereocenters. The predicted octanol–water partition coefficient (Wildman–Crippen LogP) is 5.23. The average Bonchev–Trinajstić information content (AvgIpc) is 2.44. The summed E-state index contributed by atoms with van der Waals surface area (Å²) in [5.41, 5.74) is 3.62. The number of aryl methyl sites for hydroxylation is 2. The van der Waals surface area contributed by atoms with Gasteiger partial charge in [0.05, 0.1) is 5.02 Å². The van der Waals surface area contributed by atoms with Crippen LogP contribution in [0.3, 0.4) is 0 Å². The zero-order valence-electron chi connectivity index (χ0n) is 11.3. The minimum Gasteiger partial charge on any atom is -0.321 e. The molecule has 1 amide bonds. The van der Waals surface area contributed by atoms with E-state index in [0.29, 0.717) is 10.6 Å². The molecular formula is C16H15BrClNO. The summed E-state index contributed by atoms with van der Waals surface area (Å²) in [4.78, 5) is 12.3. The number of rotatable bonds is 3. The highest BCUT2D eigenvalue weighted by atomic mass is 79.9. The van der Waals surface area contributed by atoms with Gasteiger partial charge in [-0.1, -0.05) is 36.7 Å². The van der Waals surface area contributed by atoms with Crippen molar-refractivity contribution in [1.29, 1.82) is 0 Å². The first kappa shape index (κ1) is 15.1. The summed E-state index contributed by atoms with van der Waals surface area (Å²) < 4.78 is 0.779. The van der Waals surface area contributed by atoms with Crippen LogP contribution in [0.4, 0.5) is 5.69 Å². The summed E-state index contributed by atoms with van der Waals surface area (Å²) in [7, 11) is 0. The molecule has 2 rings (SSSR count). The Kier molecular flexibility index (Phi) is 4.84. The van der Waals surface area contributed by atoms with Gasteiger partial charge in [-0.25, -0.2) is 0 Å². The Morgan fingerprint density at radius 2 is 2.05 bits per heavy atom. The van der Waals surface area contributed by atoms with Gasteiger partial charge in [-0.05, 0) is 58.6 Å². The van der Waals surface area contributed by atoms with Crippen LogP contribution in [0.25, 0.3) is 0 Å². The molecule has 20 heavy (non-hydrogen) atoms. The Bertz CT molecular complexity index is 655. The average molecular weight is 353 g/mol. The number of anilines is 1. The molecule has 0 saturated heterocycles. The van der Waals surface area contributed by atoms with Crippen molar-refractivity contribution in [2.24, 2.45) is 0 Å². The molecule has 0 radical (unpaired) electrons. The Morgan fingerprint density at radius 3 is 2.70 bits per heavy atom. The van der Waals surface area contributed by atoms with Crippen molar-refractivity contribution < 1.29 is 4.79 Å². The summed E-state index contributed by atoms with van der Waals surface area (Å²) >= 11 is 9.34. The Balaban J connectivity index is 2.30. The third-order valence-electron chi connectivity index (χ3n) is 3.16. The van der Waals surface area contributed by atoms with E-state index >= 15 is 0 Å². The van der Waals surface area contributed by atoms with Crippen LogP contribution in [0.5, 0.6) is 0 Å². The molecule has 0 saturated carbocycles. The number of para-hydroxylation sites is 1. The first-order chi connectivity index (χ1) is 9.52. The third kappa shape index (κ3) is 3.22. The molecular weight excluding hydrogens is 338 g/mol. The van der Waals surface area contributed by atoms with Crippen molar-refractivity contribution in [3.8, 4) is 0 Å². The molecule has 0 aliphatic rings. The number of carbonyl (C=O) groups is 1. The molecule has 0 bridgehead atoms. The topological polar surface area (TPSA) is 29.1 Å². The van der Waals surface area contributed by atoms with Gasteiger partial charge in [-0.2, -0.15) is 0 Å². The van der Waals surface area contributed by atoms with E-state index in [4.69, 9.17) is 11.6 Å². The van der Waals surface area contributed by atoms with Gasteiger partial charge in [0.2, 0.25) is 0 Å². The minimum absolute atomic E-state index is 0.150. The molecule has 4 heteroatoms. The van der Waals surface area contributed by atoms with Crippen molar-refractivity contribution >= 4 is 39.1 Å². The van der Waals surface area contributed by atoms with Crippen LogP contribution in [0.15, 0.2) is 40.9 Å². The number of hydrogen-bond acceptors (Lipinski definition) is 1. The number of hydrogen-bond donors (Lipinski definition) is 1. The fourth-order valence-corrected chi connectivity index (χ4v) is 2.45. The lowest BCUT2D eigenvalue weighted by molar-refractivity contribution is 0.102. The maximum atomic E-state index is 12.3. The summed E-state index contributed by atoms with van der Waals surface area (Å²) in [6.45, 7) is 4.06. The second kappa shape index (κ2) is 6.42. The highest BCUT2D eigenvalue weighted by Crippen LogP contribution is 2.25. The largest absolute Gasteiger partial charge is 0.321 e. The van der Waals surface area contributed by atoms with E-state index < -0.39 is 0 Å². The molecule has 0 fully saturated rings. The number of carbonyl (C=O) groups excluding carboxylic acids is 1. The molecule has 0 heterocycles. The van der Waals surface area contributed by atoms with Gasteiger partial charge in [0.25, 0.3) is 5.91 Å². The third-order valence-corrected chi connectivity index (χ3v) is 4.39. The molecule has 2 nitrogen and oxygen atoms in total. The molecule has 2 aromatic rings. The first-order valence-electron chi connectivity index (χ1n) is 6.37. The Hall–Kier alpha value is -1.32. The van der Waals surface area contributed by atoms with Crippen molar-refractivity contribution in [2.75, 3.05) is 5.32 Å². The molecule has 0 aliphatic heterocycles. The van der Waals surface area contributed by atoms with E-state index in [1.54, 1.807) is 18.2 Å². The van der Waals surface area contributed by atoms with E-state index in [2.05, 4.69) is 28.2 Å². The minimum atomic E-state index is -0.150. The lowest BCUT2D eigenvalue weighted by atomic mass is 10.1. The van der Waals surface area contributed by atoms with Crippen LogP contribution in [0.1, 0.15) is 28.4 Å². The molecule has 0 unspecified atom stereocenters. The van der Waals surface area contributed by atoms with Crippen LogP contribution < -0.4 is 5.32 Å². The second-order valence-corrected chi connectivity index (χ2v) is 5.81. The number of benzene rings is 2. The SMILES string of the molecule is CCc1cccc(C)c1NC(=O)c1ccc(Br)c(Cl)c1. The smallest absolute Gasteiger partial charge is 0.255 e. The molecule has 2 aromatic carbocycles. The zero-order chi connectivity index (χ0) is 14.7. The molecule has 104 valence electrons. The molecule has 1 N–H and O–H groups in total. The molecule has 0 aliphatic carbocycles. The van der Waals surface area contributed by atoms with Gasteiger partial charge in [0.15, 0.2) is 0 Å². The fraction of sp³-hybridized carbons (Fsp3) is 0.188. The zero-order valence-corrected chi connectivity index (χ0v) is 13.7. The van der Waals surface area contributed by atoms with Gasteiger partial charge in [-0.15, -0.1) is 0 Å². The second-order valence-electron chi connectivity index (χ2n) is 4.55. The van der Waals surface area contributed by atoms with E-state index in [1.807, 2.05) is 25.1 Å². The maximum absolute atomic E-state index is 12.3. The van der Waals surface area contributed by atoms with Gasteiger partial charge in [0.1, 0.15) is 0 Å². The molecule has 0 spiro atoms. The fourth-order valence-electron chi connectivity index (χ4n) is 2.03. The van der Waals surface area contributed by atoms with Crippen LogP contribution in [-0.4, -0.2) is 5.91 Å². The van der Waals surface area contributed by atoms with E-state index in [1.165, 1.54) is 0 Å². The van der Waals surface area contributed by atoms with Crippen LogP contribution in [-0.2, 0) is 6.42 Å². The van der Waals surface area contributed by atoms with E-state index in [0.717, 1.165) is 27.7 Å². The molecule has 0 aromatic heterocycles. The maximum Gasteiger partial charge on any atom is 0.255 e. The highest BCUT2D eigenvalue weighted by Gasteiger charge is 2.11. The van der Waals surface area contributed by atoms with E-state index in [-0.39, 0.29) is 5.91 Å². The van der Waals surface area contributed by atoms with Gasteiger partial charge < -0.3 is 5.32 Å². The Labute approximate surface area is 132 Å².